The van der Waals surface area contributed by atoms with Crippen molar-refractivity contribution in [1.82, 2.24) is 0 Å². The number of hydrogen-bond acceptors (Lipinski definition) is 3. The van der Waals surface area contributed by atoms with E-state index in [0.29, 0.717) is 23.3 Å². The number of hydrogen-bond donors (Lipinski definition) is 0. The van der Waals surface area contributed by atoms with Crippen molar-refractivity contribution in [3.8, 4) is 0 Å². The molecule has 4 aliphatic rings. The zero-order chi connectivity index (χ0) is 22.7. The minimum atomic E-state index is -0.234. The standard InChI is InChI=1S/C27H30BrClO3/c1-26-11-9-20(32-25(31)16-3-6-19(28)7-4-16)14-18(26)5-8-21-22(26)10-12-27(2)23(21)13-17(15-30)24(27)29/h3-7,15,20-23H,8-14H2,1-2H3/t20-,21?,22?,23?,26-,27-/m0/s1. The SMILES string of the molecule is C[C@]12CC[C@H](OC(=O)c3ccc(Br)cc3)CC1=CCC1C2CC[C@]2(C)C(Cl)=C(C=O)CC12. The van der Waals surface area contributed by atoms with Crippen LogP contribution in [0.3, 0.4) is 0 Å². The summed E-state index contributed by atoms with van der Waals surface area (Å²) in [6, 6.07) is 7.35. The number of ether oxygens (including phenoxy) is 1. The molecule has 0 aromatic heterocycles. The fourth-order valence-corrected chi connectivity index (χ4v) is 7.92. The van der Waals surface area contributed by atoms with Gasteiger partial charge in [0.25, 0.3) is 0 Å². The number of fused-ring (bicyclic) bond motifs is 5. The van der Waals surface area contributed by atoms with Crippen molar-refractivity contribution in [3.05, 3.63) is 56.6 Å². The van der Waals surface area contributed by atoms with Crippen molar-refractivity contribution < 1.29 is 14.3 Å². The number of rotatable bonds is 3. The largest absolute Gasteiger partial charge is 0.458 e. The number of carbonyl (C=O) groups is 2. The van der Waals surface area contributed by atoms with E-state index in [2.05, 4.69) is 35.9 Å². The van der Waals surface area contributed by atoms with Gasteiger partial charge in [0.15, 0.2) is 0 Å². The molecule has 170 valence electrons. The Labute approximate surface area is 203 Å². The summed E-state index contributed by atoms with van der Waals surface area (Å²) in [5.41, 5.74) is 3.00. The molecule has 32 heavy (non-hydrogen) atoms. The van der Waals surface area contributed by atoms with Gasteiger partial charge in [-0.1, -0.05) is 53.0 Å². The van der Waals surface area contributed by atoms with Gasteiger partial charge >= 0.3 is 5.97 Å². The van der Waals surface area contributed by atoms with Gasteiger partial charge in [-0.25, -0.2) is 4.79 Å². The van der Waals surface area contributed by atoms with Gasteiger partial charge in [-0.2, -0.15) is 0 Å². The van der Waals surface area contributed by atoms with E-state index in [-0.39, 0.29) is 22.9 Å². The number of benzene rings is 1. The number of halogens is 2. The second kappa shape index (κ2) is 8.13. The summed E-state index contributed by atoms with van der Waals surface area (Å²) in [7, 11) is 0. The molecule has 0 N–H and O–H groups in total. The van der Waals surface area contributed by atoms with Gasteiger partial charge in [-0.15, -0.1) is 0 Å². The minimum Gasteiger partial charge on any atom is -0.458 e. The lowest BCUT2D eigenvalue weighted by Gasteiger charge is -2.57. The van der Waals surface area contributed by atoms with Crippen LogP contribution in [0.1, 0.15) is 69.2 Å². The van der Waals surface area contributed by atoms with E-state index in [1.54, 1.807) is 12.1 Å². The summed E-state index contributed by atoms with van der Waals surface area (Å²) in [4.78, 5) is 24.2. The first-order valence-corrected chi connectivity index (χ1v) is 12.9. The number of aldehydes is 1. The van der Waals surface area contributed by atoms with E-state index in [9.17, 15) is 9.59 Å². The summed E-state index contributed by atoms with van der Waals surface area (Å²) in [6.45, 7) is 4.70. The number of esters is 1. The third-order valence-electron chi connectivity index (χ3n) is 9.17. The summed E-state index contributed by atoms with van der Waals surface area (Å²) in [5, 5.41) is 0.819. The molecule has 2 saturated carbocycles. The van der Waals surface area contributed by atoms with Gasteiger partial charge in [0.2, 0.25) is 0 Å². The predicted molar refractivity (Wildman–Crippen MR) is 129 cm³/mol. The Bertz CT molecular complexity index is 1010. The summed E-state index contributed by atoms with van der Waals surface area (Å²) in [6.07, 6.45) is 10.2. The third kappa shape index (κ3) is 3.44. The van der Waals surface area contributed by atoms with Crippen LogP contribution in [0.2, 0.25) is 0 Å². The van der Waals surface area contributed by atoms with Crippen LogP contribution in [0, 0.1) is 28.6 Å². The average Bonchev–Trinajstić information content (AvgIpc) is 3.05. The van der Waals surface area contributed by atoms with Crippen LogP contribution in [-0.4, -0.2) is 18.4 Å². The average molecular weight is 518 g/mol. The van der Waals surface area contributed by atoms with Crippen LogP contribution < -0.4 is 0 Å². The molecule has 6 atom stereocenters. The maximum absolute atomic E-state index is 12.6. The predicted octanol–water partition coefficient (Wildman–Crippen LogP) is 7.24. The lowest BCUT2D eigenvalue weighted by molar-refractivity contribution is -0.105. The highest BCUT2D eigenvalue weighted by atomic mass is 79.9. The molecular formula is C27H30BrClO3. The third-order valence-corrected chi connectivity index (χ3v) is 10.4. The zero-order valence-electron chi connectivity index (χ0n) is 18.7. The van der Waals surface area contributed by atoms with Crippen LogP contribution in [0.25, 0.3) is 0 Å². The smallest absolute Gasteiger partial charge is 0.338 e. The Morgan fingerprint density at radius 2 is 1.81 bits per heavy atom. The highest BCUT2D eigenvalue weighted by Crippen LogP contribution is 2.66. The van der Waals surface area contributed by atoms with E-state index in [4.69, 9.17) is 16.3 Å². The molecule has 0 bridgehead atoms. The van der Waals surface area contributed by atoms with Gasteiger partial charge in [0.05, 0.1) is 5.56 Å². The molecule has 0 amide bonds. The van der Waals surface area contributed by atoms with Crippen molar-refractivity contribution in [2.45, 2.75) is 64.9 Å². The van der Waals surface area contributed by atoms with Crippen molar-refractivity contribution in [3.63, 3.8) is 0 Å². The molecule has 3 nitrogen and oxygen atoms in total. The first kappa shape index (κ1) is 22.4. The molecule has 4 aliphatic carbocycles. The molecule has 0 saturated heterocycles. The minimum absolute atomic E-state index is 0.0436. The molecular weight excluding hydrogens is 488 g/mol. The van der Waals surface area contributed by atoms with E-state index >= 15 is 0 Å². The highest BCUT2D eigenvalue weighted by Gasteiger charge is 2.58. The van der Waals surface area contributed by atoms with E-state index in [1.165, 1.54) is 5.57 Å². The molecule has 5 rings (SSSR count). The monoisotopic (exact) mass is 516 g/mol. The number of allylic oxidation sites excluding steroid dienone is 3. The van der Waals surface area contributed by atoms with Crippen molar-refractivity contribution >= 4 is 39.8 Å². The second-order valence-corrected chi connectivity index (χ2v) is 11.9. The van der Waals surface area contributed by atoms with E-state index in [0.717, 1.165) is 66.3 Å². The van der Waals surface area contributed by atoms with Gasteiger partial charge < -0.3 is 4.74 Å². The number of carbonyl (C=O) groups excluding carboxylic acids is 2. The van der Waals surface area contributed by atoms with Crippen LogP contribution in [-0.2, 0) is 9.53 Å². The maximum atomic E-state index is 12.6. The lowest BCUT2D eigenvalue weighted by atomic mass is 9.48. The Hall–Kier alpha value is -1.39. The molecule has 0 spiro atoms. The fraction of sp³-hybridized carbons (Fsp3) is 0.556. The van der Waals surface area contributed by atoms with Gasteiger partial charge in [-0.05, 0) is 86.0 Å². The maximum Gasteiger partial charge on any atom is 0.338 e. The van der Waals surface area contributed by atoms with Crippen molar-refractivity contribution in [1.29, 1.82) is 0 Å². The molecule has 0 aliphatic heterocycles. The van der Waals surface area contributed by atoms with E-state index < -0.39 is 0 Å². The zero-order valence-corrected chi connectivity index (χ0v) is 21.0. The fourth-order valence-electron chi connectivity index (χ4n) is 7.30. The summed E-state index contributed by atoms with van der Waals surface area (Å²) < 4.78 is 6.87. The molecule has 3 unspecified atom stereocenters. The van der Waals surface area contributed by atoms with Crippen LogP contribution in [0.4, 0.5) is 0 Å². The molecule has 0 heterocycles. The Kier molecular flexibility index (Phi) is 5.69. The van der Waals surface area contributed by atoms with Gasteiger partial charge in [0, 0.05) is 26.9 Å². The quantitative estimate of drug-likeness (QED) is 0.241. The summed E-state index contributed by atoms with van der Waals surface area (Å²) >= 11 is 10.1. The van der Waals surface area contributed by atoms with Crippen molar-refractivity contribution in [2.24, 2.45) is 28.6 Å². The lowest BCUT2D eigenvalue weighted by Crippen LogP contribution is -2.50. The van der Waals surface area contributed by atoms with Gasteiger partial charge in [-0.3, -0.25) is 4.79 Å². The summed E-state index contributed by atoms with van der Waals surface area (Å²) in [5.74, 6) is 1.40. The van der Waals surface area contributed by atoms with Crippen LogP contribution in [0.5, 0.6) is 0 Å². The topological polar surface area (TPSA) is 43.4 Å². The van der Waals surface area contributed by atoms with E-state index in [1.807, 2.05) is 12.1 Å². The first-order chi connectivity index (χ1) is 15.3. The van der Waals surface area contributed by atoms with Crippen LogP contribution >= 0.6 is 27.5 Å². The molecule has 2 fully saturated rings. The normalized spacial score (nSPS) is 38.3. The molecule has 1 aromatic rings. The Morgan fingerprint density at radius 3 is 2.53 bits per heavy atom. The second-order valence-electron chi connectivity index (χ2n) is 10.7. The Balaban J connectivity index is 1.32. The highest BCUT2D eigenvalue weighted by molar-refractivity contribution is 9.10. The molecule has 1 aromatic carbocycles. The first-order valence-electron chi connectivity index (χ1n) is 11.8. The van der Waals surface area contributed by atoms with Gasteiger partial charge in [0.1, 0.15) is 12.4 Å². The molecule has 5 heteroatoms. The van der Waals surface area contributed by atoms with Crippen molar-refractivity contribution in [2.75, 3.05) is 0 Å². The Morgan fingerprint density at radius 1 is 1.09 bits per heavy atom. The molecule has 0 radical (unpaired) electrons. The van der Waals surface area contributed by atoms with Crippen LogP contribution in [0.15, 0.2) is 51.0 Å².